The van der Waals surface area contributed by atoms with Gasteiger partial charge in [0.2, 0.25) is 0 Å². The third-order valence-electron chi connectivity index (χ3n) is 6.11. The normalized spacial score (nSPS) is 26.8. The Morgan fingerprint density at radius 2 is 1.76 bits per heavy atom. The first-order chi connectivity index (χ1) is 13.7. The molecule has 2 aromatic carbocycles. The number of hydrogen-bond acceptors (Lipinski definition) is 3. The minimum absolute atomic E-state index is 0.293. The highest BCUT2D eigenvalue weighted by atomic mass is 19.1. The van der Waals surface area contributed by atoms with Crippen LogP contribution < -0.4 is 0 Å². The third-order valence-corrected chi connectivity index (χ3v) is 6.11. The molecule has 2 aromatic rings. The van der Waals surface area contributed by atoms with Gasteiger partial charge in [-0.15, -0.1) is 0 Å². The zero-order chi connectivity index (χ0) is 20.6. The van der Waals surface area contributed by atoms with Gasteiger partial charge in [-0.2, -0.15) is 0 Å². The molecule has 3 nitrogen and oxygen atoms in total. The second kappa shape index (κ2) is 7.57. The largest absolute Gasteiger partial charge is 0.385 e. The van der Waals surface area contributed by atoms with Crippen molar-refractivity contribution in [1.29, 1.82) is 0 Å². The van der Waals surface area contributed by atoms with Crippen molar-refractivity contribution in [3.63, 3.8) is 0 Å². The van der Waals surface area contributed by atoms with Gasteiger partial charge >= 0.3 is 0 Å². The van der Waals surface area contributed by atoms with E-state index in [0.29, 0.717) is 30.5 Å². The van der Waals surface area contributed by atoms with Gasteiger partial charge in [-0.25, -0.2) is 4.39 Å². The number of aliphatic hydroxyl groups is 2. The molecule has 0 unspecified atom stereocenters. The predicted octanol–water partition coefficient (Wildman–Crippen LogP) is 3.96. The van der Waals surface area contributed by atoms with Crippen LogP contribution in [0.1, 0.15) is 56.2 Å². The zero-order valence-corrected chi connectivity index (χ0v) is 17.0. The summed E-state index contributed by atoms with van der Waals surface area (Å²) in [6, 6.07) is 15.2. The van der Waals surface area contributed by atoms with Gasteiger partial charge in [0.1, 0.15) is 11.4 Å². The fourth-order valence-corrected chi connectivity index (χ4v) is 4.72. The summed E-state index contributed by atoms with van der Waals surface area (Å²) in [5.41, 5.74) is 0.860. The highest BCUT2D eigenvalue weighted by Crippen LogP contribution is 2.46. The van der Waals surface area contributed by atoms with E-state index in [2.05, 4.69) is 28.9 Å². The van der Waals surface area contributed by atoms with E-state index in [4.69, 9.17) is 0 Å². The number of fused-ring (bicyclic) bond motifs is 2. The molecular weight excluding hydrogens is 365 g/mol. The van der Waals surface area contributed by atoms with Gasteiger partial charge in [-0.1, -0.05) is 36.1 Å². The molecule has 0 spiro atoms. The lowest BCUT2D eigenvalue weighted by molar-refractivity contribution is -0.0596. The molecule has 0 aliphatic carbocycles. The Balaban J connectivity index is 1.46. The van der Waals surface area contributed by atoms with Gasteiger partial charge in [0.15, 0.2) is 0 Å². The SMILES string of the molecule is CC(C)(O)C#Cc1ccc(CN2[C@H]3CC[C@H]2CC(O)(c2cccc(F)c2)C3)cc1. The summed E-state index contributed by atoms with van der Waals surface area (Å²) in [6.07, 6.45) is 3.42. The molecule has 4 rings (SSSR count). The van der Waals surface area contributed by atoms with Crippen molar-refractivity contribution in [2.45, 2.75) is 69.4 Å². The van der Waals surface area contributed by atoms with E-state index in [-0.39, 0.29) is 5.82 Å². The number of nitrogens with zero attached hydrogens (tertiary/aromatic N) is 1. The summed E-state index contributed by atoms with van der Waals surface area (Å²) in [4.78, 5) is 2.49. The molecule has 2 heterocycles. The standard InChI is InChI=1S/C25H28FNO2/c1-24(2,28)13-12-18-6-8-19(9-7-18)17-27-22-10-11-23(27)16-25(29,15-22)20-4-3-5-21(26)14-20/h3-9,14,22-23,28-29H,10-11,15-17H2,1-2H3/t22-,23-/m0/s1. The Morgan fingerprint density at radius 1 is 1.10 bits per heavy atom. The summed E-state index contributed by atoms with van der Waals surface area (Å²) < 4.78 is 13.7. The van der Waals surface area contributed by atoms with E-state index in [1.54, 1.807) is 19.9 Å². The summed E-state index contributed by atoms with van der Waals surface area (Å²) in [5.74, 6) is 5.54. The van der Waals surface area contributed by atoms with Crippen LogP contribution in [0, 0.1) is 17.7 Å². The lowest BCUT2D eigenvalue weighted by Gasteiger charge is -2.44. The van der Waals surface area contributed by atoms with Crippen LogP contribution in [0.4, 0.5) is 4.39 Å². The van der Waals surface area contributed by atoms with Crippen LogP contribution in [0.25, 0.3) is 0 Å². The van der Waals surface area contributed by atoms with Crippen molar-refractivity contribution in [2.75, 3.05) is 0 Å². The minimum Gasteiger partial charge on any atom is -0.385 e. The average Bonchev–Trinajstić information content (AvgIpc) is 2.91. The quantitative estimate of drug-likeness (QED) is 0.776. The van der Waals surface area contributed by atoms with Crippen molar-refractivity contribution in [3.05, 3.63) is 71.0 Å². The van der Waals surface area contributed by atoms with Crippen LogP contribution >= 0.6 is 0 Å². The Kier molecular flexibility index (Phi) is 5.25. The van der Waals surface area contributed by atoms with Crippen LogP contribution in [0.3, 0.4) is 0 Å². The number of benzene rings is 2. The summed E-state index contributed by atoms with van der Waals surface area (Å²) in [7, 11) is 0. The number of rotatable bonds is 3. The Morgan fingerprint density at radius 3 is 2.34 bits per heavy atom. The second-order valence-electron chi connectivity index (χ2n) is 9.01. The molecule has 2 saturated heterocycles. The van der Waals surface area contributed by atoms with Gasteiger partial charge in [-0.3, -0.25) is 4.90 Å². The van der Waals surface area contributed by atoms with Crippen LogP contribution in [-0.2, 0) is 12.1 Å². The molecule has 0 saturated carbocycles. The first kappa shape index (κ1) is 20.1. The van der Waals surface area contributed by atoms with Crippen molar-refractivity contribution >= 4 is 0 Å². The van der Waals surface area contributed by atoms with Crippen LogP contribution in [0.15, 0.2) is 48.5 Å². The number of hydrogen-bond donors (Lipinski definition) is 2. The Hall–Kier alpha value is -2.19. The maximum Gasteiger partial charge on any atom is 0.123 e. The number of piperidine rings is 1. The predicted molar refractivity (Wildman–Crippen MR) is 112 cm³/mol. The first-order valence-electron chi connectivity index (χ1n) is 10.3. The molecule has 29 heavy (non-hydrogen) atoms. The van der Waals surface area contributed by atoms with E-state index in [1.807, 2.05) is 18.2 Å². The van der Waals surface area contributed by atoms with Gasteiger partial charge in [0.05, 0.1) is 5.60 Å². The zero-order valence-electron chi connectivity index (χ0n) is 17.0. The molecule has 152 valence electrons. The first-order valence-corrected chi connectivity index (χ1v) is 10.3. The lowest BCUT2D eigenvalue weighted by Crippen LogP contribution is -2.49. The monoisotopic (exact) mass is 393 g/mol. The van der Waals surface area contributed by atoms with Crippen LogP contribution in [-0.4, -0.2) is 32.8 Å². The molecule has 2 bridgehead atoms. The van der Waals surface area contributed by atoms with Crippen molar-refractivity contribution < 1.29 is 14.6 Å². The second-order valence-corrected chi connectivity index (χ2v) is 9.01. The van der Waals surface area contributed by atoms with Gasteiger partial charge in [0, 0.05) is 24.2 Å². The van der Waals surface area contributed by atoms with Crippen LogP contribution in [0.5, 0.6) is 0 Å². The van der Waals surface area contributed by atoms with Crippen LogP contribution in [0.2, 0.25) is 0 Å². The van der Waals surface area contributed by atoms with E-state index >= 15 is 0 Å². The Bertz CT molecular complexity index is 922. The molecule has 2 fully saturated rings. The van der Waals surface area contributed by atoms with E-state index in [9.17, 15) is 14.6 Å². The summed E-state index contributed by atoms with van der Waals surface area (Å²) >= 11 is 0. The summed E-state index contributed by atoms with van der Waals surface area (Å²) in [6.45, 7) is 4.19. The molecular formula is C25H28FNO2. The molecule has 2 N–H and O–H groups in total. The number of halogens is 1. The molecule has 4 heteroatoms. The fraction of sp³-hybridized carbons (Fsp3) is 0.440. The maximum absolute atomic E-state index is 13.7. The van der Waals surface area contributed by atoms with Crippen molar-refractivity contribution in [3.8, 4) is 11.8 Å². The highest BCUT2D eigenvalue weighted by molar-refractivity contribution is 5.37. The Labute approximate surface area is 172 Å². The molecule has 0 radical (unpaired) electrons. The smallest absolute Gasteiger partial charge is 0.123 e. The topological polar surface area (TPSA) is 43.7 Å². The average molecular weight is 394 g/mol. The molecule has 2 atom stereocenters. The van der Waals surface area contributed by atoms with E-state index in [1.165, 1.54) is 17.7 Å². The van der Waals surface area contributed by atoms with Crippen molar-refractivity contribution in [1.82, 2.24) is 4.90 Å². The lowest BCUT2D eigenvalue weighted by atomic mass is 9.80. The van der Waals surface area contributed by atoms with E-state index < -0.39 is 11.2 Å². The van der Waals surface area contributed by atoms with E-state index in [0.717, 1.165) is 24.9 Å². The van der Waals surface area contributed by atoms with Gasteiger partial charge < -0.3 is 10.2 Å². The van der Waals surface area contributed by atoms with Crippen molar-refractivity contribution in [2.24, 2.45) is 0 Å². The van der Waals surface area contributed by atoms with Gasteiger partial charge in [0.25, 0.3) is 0 Å². The molecule has 0 amide bonds. The highest BCUT2D eigenvalue weighted by Gasteiger charge is 2.48. The summed E-state index contributed by atoms with van der Waals surface area (Å²) in [5, 5.41) is 21.0. The fourth-order valence-electron chi connectivity index (χ4n) is 4.72. The molecule has 0 aromatic heterocycles. The molecule has 2 aliphatic heterocycles. The minimum atomic E-state index is -0.996. The van der Waals surface area contributed by atoms with Gasteiger partial charge in [-0.05, 0) is 74.9 Å². The maximum atomic E-state index is 13.7. The third kappa shape index (κ3) is 4.53. The molecule has 2 aliphatic rings.